The molecule has 0 radical (unpaired) electrons. The molecule has 24 nitrogen and oxygen atoms in total. The molecule has 0 amide bonds. The van der Waals surface area contributed by atoms with Crippen LogP contribution in [0.25, 0.3) is 0 Å². The third-order valence-electron chi connectivity index (χ3n) is 23.6. The maximum Gasteiger partial charge on any atom is 0.311 e. The van der Waals surface area contributed by atoms with Gasteiger partial charge in [0.05, 0.1) is 63.6 Å². The maximum atomic E-state index is 13.4. The second-order valence-electron chi connectivity index (χ2n) is 30.7. The summed E-state index contributed by atoms with van der Waals surface area (Å²) in [6.45, 7) is 15.5. The summed E-state index contributed by atoms with van der Waals surface area (Å²) in [5.41, 5.74) is 12.0. The topological polar surface area (TPSA) is 290 Å². The number of phenols is 1. The van der Waals surface area contributed by atoms with E-state index in [9.17, 15) is 44.4 Å². The highest BCUT2D eigenvalue weighted by Crippen LogP contribution is 2.61. The van der Waals surface area contributed by atoms with Gasteiger partial charge in [-0.05, 0) is 138 Å². The van der Waals surface area contributed by atoms with Crippen molar-refractivity contribution >= 4 is 46.3 Å². The highest BCUT2D eigenvalue weighted by Gasteiger charge is 2.59. The zero-order valence-corrected chi connectivity index (χ0v) is 67.6. The number of piperazine rings is 2. The number of methoxy groups -OCH3 is 2. The van der Waals surface area contributed by atoms with Gasteiger partial charge in [0, 0.05) is 121 Å². The van der Waals surface area contributed by atoms with E-state index < -0.39 is 36.1 Å². The zero-order chi connectivity index (χ0) is 80.6. The third-order valence-corrected chi connectivity index (χ3v) is 23.8. The highest BCUT2D eigenvalue weighted by atomic mass is 35.5. The number of aryl methyl sites for hydroxylation is 4. The van der Waals surface area contributed by atoms with Crippen LogP contribution in [0, 0.1) is 50.4 Å². The Bertz CT molecular complexity index is 4660. The summed E-state index contributed by atoms with van der Waals surface area (Å²) in [6.07, 6.45) is 10.7. The first-order valence-corrected chi connectivity index (χ1v) is 39.9. The number of hydrogen-bond donors (Lipinski definition) is 3. The number of benzene rings is 6. The molecule has 25 heteroatoms. The lowest BCUT2D eigenvalue weighted by atomic mass is 9.71. The van der Waals surface area contributed by atoms with E-state index in [0.717, 1.165) is 105 Å². The smallest absolute Gasteiger partial charge is 0.311 e. The summed E-state index contributed by atoms with van der Waals surface area (Å²) in [6, 6.07) is 25.6. The maximum absolute atomic E-state index is 13.4. The highest BCUT2D eigenvalue weighted by molar-refractivity contribution is 6.63. The standard InChI is InChI=1S/C44H52N4O8.C38H42N4O7.C6H11ClO/c1-7-8-10-15-36(51)56-44-37-29(18-25(2)40(44)52-6)19-32-34(21-45)48-33(39(37)47(32)5)20-31-38(43-42(53-24-54-43)26(3)41(31)55-27(4)49)35(48)23-46-22-30(50)17-16-28-13-11-9-12-14-28;1-20-13-24-14-27-29(16-39)42-28(33(41(27)4)31(24)34(45)35(20)46-5)15-26-32(38-37(47-19-48-38)21(2)36(26)49-22(3)43)30(42)18-40-17-25(44)12-11-23-9-7-6-8-10-23;1-2-3-4-5-6(7)8/h9,11-14,18,32-35,39,46H,7-8,10,15-17,19-20,22-24H2,1-6H3;6-10,13,27-30,33,40,45H,11-12,14-15,17-19H2,1-5H3;2-5H2,1H3/t32-,33?,34-,35-,39-;27-,28?,29-,30-,33-;/m00./s1. The van der Waals surface area contributed by atoms with Gasteiger partial charge in [0.2, 0.25) is 18.8 Å². The average Bonchev–Trinajstić information content (AvgIpc) is 1.49. The van der Waals surface area contributed by atoms with Crippen LogP contribution in [0.3, 0.4) is 0 Å². The Morgan fingerprint density at radius 2 is 0.956 bits per heavy atom. The zero-order valence-electron chi connectivity index (χ0n) is 66.9. The van der Waals surface area contributed by atoms with Crippen LogP contribution in [0.1, 0.15) is 194 Å². The number of halogens is 1. The van der Waals surface area contributed by atoms with Crippen molar-refractivity contribution in [3.05, 3.63) is 151 Å². The summed E-state index contributed by atoms with van der Waals surface area (Å²) >= 11 is 5.07. The van der Waals surface area contributed by atoms with E-state index in [1.54, 1.807) is 14.2 Å². The van der Waals surface area contributed by atoms with E-state index in [1.165, 1.54) is 13.8 Å². The number of Topliss-reactive ketones (excluding diaryl/α,β-unsaturated/α-hetero) is 2. The molecule has 6 aromatic carbocycles. The molecule has 10 atom stereocenters. The molecule has 8 aliphatic heterocycles. The molecule has 2 fully saturated rings. The molecule has 6 aromatic rings. The molecule has 0 aliphatic carbocycles. The van der Waals surface area contributed by atoms with E-state index in [2.05, 4.69) is 68.4 Å². The molecule has 113 heavy (non-hydrogen) atoms. The number of ether oxygens (including phenoxy) is 9. The van der Waals surface area contributed by atoms with Gasteiger partial charge >= 0.3 is 17.9 Å². The van der Waals surface area contributed by atoms with E-state index >= 15 is 0 Å². The van der Waals surface area contributed by atoms with Crippen LogP contribution in [0.2, 0.25) is 0 Å². The number of phenolic OH excluding ortho intramolecular Hbond substituents is 1. The molecule has 2 unspecified atom stereocenters. The summed E-state index contributed by atoms with van der Waals surface area (Å²) < 4.78 is 54.1. The van der Waals surface area contributed by atoms with Gasteiger partial charge in [-0.1, -0.05) is 112 Å². The van der Waals surface area contributed by atoms with Gasteiger partial charge in [0.15, 0.2) is 46.0 Å². The minimum Gasteiger partial charge on any atom is -0.504 e. The number of nitrogens with one attached hydrogen (secondary N) is 2. The van der Waals surface area contributed by atoms with Crippen LogP contribution in [-0.2, 0) is 67.3 Å². The van der Waals surface area contributed by atoms with Crippen molar-refractivity contribution in [1.82, 2.24) is 30.2 Å². The monoisotopic (exact) mass is 1560 g/mol. The lowest BCUT2D eigenvalue weighted by Crippen LogP contribution is -2.68. The van der Waals surface area contributed by atoms with Crippen LogP contribution >= 0.6 is 11.6 Å². The Balaban J connectivity index is 0.000000192. The predicted octanol–water partition coefficient (Wildman–Crippen LogP) is 12.6. The summed E-state index contributed by atoms with van der Waals surface area (Å²) in [7, 11) is 7.19. The fraction of sp³-hybridized carbons (Fsp3) is 0.500. The molecule has 0 spiro atoms. The van der Waals surface area contributed by atoms with Crippen molar-refractivity contribution in [3.8, 4) is 69.6 Å². The molecule has 8 heterocycles. The van der Waals surface area contributed by atoms with Gasteiger partial charge in [-0.15, -0.1) is 0 Å². The van der Waals surface area contributed by atoms with Crippen LogP contribution < -0.4 is 53.3 Å². The Morgan fingerprint density at radius 3 is 1.38 bits per heavy atom. The molecule has 0 aromatic heterocycles. The minimum absolute atomic E-state index is 0.00284. The largest absolute Gasteiger partial charge is 0.504 e. The molecular formula is C88H105ClN8O16. The molecule has 2 saturated heterocycles. The van der Waals surface area contributed by atoms with Crippen molar-refractivity contribution in [2.45, 2.75) is 219 Å². The van der Waals surface area contributed by atoms with Gasteiger partial charge in [-0.25, -0.2) is 0 Å². The molecule has 3 N–H and O–H groups in total. The number of nitriles is 2. The van der Waals surface area contributed by atoms with E-state index in [1.807, 2.05) is 102 Å². The second-order valence-corrected chi connectivity index (χ2v) is 31.1. The van der Waals surface area contributed by atoms with Gasteiger partial charge in [0.1, 0.15) is 35.1 Å². The normalized spacial score (nSPS) is 21.8. The Kier molecular flexibility index (Phi) is 26.9. The SMILES string of the molecule is CCCCCC(=O)Cl.CCCCCC(=O)Oc1c(OC)c(C)cc2c1[C@@H]1C3Cc4c(OC(C)=O)c(C)c5c(c4[C@H](CNCC(=O)CCc4ccccc4)N3[C@@H](C#N)[C@H](C2)N1C)OCO5.COc1c(C)cc2c(c1O)[C@@H]1C3Cc4c(OC(C)=O)c(C)c5c(c4[C@H](CNCC(=O)CCc4ccccc4)N3[C@@H](C#N)[C@H](C2)N1C)OCO5. The Labute approximate surface area is 667 Å². The quantitative estimate of drug-likeness (QED) is 0.0187. The van der Waals surface area contributed by atoms with Crippen LogP contribution in [-0.4, -0.2) is 164 Å². The number of carbonyl (C=O) groups is 6. The molecule has 0 saturated carbocycles. The van der Waals surface area contributed by atoms with Crippen molar-refractivity contribution in [3.63, 3.8) is 0 Å². The Hall–Kier alpha value is -9.63. The fourth-order valence-electron chi connectivity index (χ4n) is 18.6. The van der Waals surface area contributed by atoms with Gasteiger partial charge in [-0.2, -0.15) is 10.5 Å². The van der Waals surface area contributed by atoms with Crippen molar-refractivity contribution in [2.75, 3.05) is 68.1 Å². The van der Waals surface area contributed by atoms with E-state index in [0.29, 0.717) is 134 Å². The second kappa shape index (κ2) is 36.7. The molecule has 8 aliphatic rings. The van der Waals surface area contributed by atoms with Crippen LogP contribution in [0.4, 0.5) is 0 Å². The van der Waals surface area contributed by atoms with Crippen molar-refractivity contribution in [1.29, 1.82) is 10.5 Å². The first-order chi connectivity index (χ1) is 54.5. The summed E-state index contributed by atoms with van der Waals surface area (Å²) in [5.74, 6) is 3.39. The first-order valence-electron chi connectivity index (χ1n) is 39.5. The number of ketones is 2. The third kappa shape index (κ3) is 17.0. The number of nitrogens with zero attached hydrogens (tertiary/aromatic N) is 6. The molecule has 4 bridgehead atoms. The van der Waals surface area contributed by atoms with Gasteiger partial charge in [0.25, 0.3) is 0 Å². The van der Waals surface area contributed by atoms with E-state index in [-0.39, 0.29) is 97.9 Å². The number of unbranched alkanes of at least 4 members (excludes halogenated alkanes) is 4. The number of hydrogen-bond acceptors (Lipinski definition) is 24. The van der Waals surface area contributed by atoms with Crippen molar-refractivity contribution in [2.24, 2.45) is 0 Å². The number of fused-ring (bicyclic) bond motifs is 18. The number of carbonyl (C=O) groups excluding carboxylic acids is 6. The number of aromatic hydroxyl groups is 1. The van der Waals surface area contributed by atoms with Crippen LogP contribution in [0.5, 0.6) is 57.5 Å². The average molecular weight is 1570 g/mol. The van der Waals surface area contributed by atoms with Crippen LogP contribution in [0.15, 0.2) is 72.8 Å². The number of esters is 3. The van der Waals surface area contributed by atoms with E-state index in [4.69, 9.17) is 54.2 Å². The first kappa shape index (κ1) is 82.8. The molecular weight excluding hydrogens is 1460 g/mol. The molecule has 14 rings (SSSR count). The lowest BCUT2D eigenvalue weighted by molar-refractivity contribution is -0.135. The number of likely N-dealkylation sites (N-methyl/N-ethyl adjacent to an activating group) is 2. The van der Waals surface area contributed by atoms with Crippen molar-refractivity contribution < 1.29 is 76.5 Å². The summed E-state index contributed by atoms with van der Waals surface area (Å²) in [4.78, 5) is 84.0. The number of rotatable bonds is 27. The van der Waals surface area contributed by atoms with Gasteiger partial charge in [-0.3, -0.25) is 48.4 Å². The minimum atomic E-state index is -0.568. The Morgan fingerprint density at radius 1 is 0.531 bits per heavy atom. The fourth-order valence-corrected chi connectivity index (χ4v) is 18.8. The van der Waals surface area contributed by atoms with Gasteiger partial charge < -0.3 is 58.4 Å². The lowest BCUT2D eigenvalue weighted by Gasteiger charge is -2.60. The predicted molar refractivity (Wildman–Crippen MR) is 423 cm³/mol. The summed E-state index contributed by atoms with van der Waals surface area (Å²) in [5, 5.41) is 40.3. The molecule has 600 valence electrons.